The van der Waals surface area contributed by atoms with Crippen LogP contribution in [0.25, 0.3) is 16.8 Å². The van der Waals surface area contributed by atoms with Crippen molar-refractivity contribution in [3.8, 4) is 34.5 Å². The van der Waals surface area contributed by atoms with Crippen LogP contribution in [0.15, 0.2) is 61.1 Å². The second kappa shape index (κ2) is 11.0. The molecule has 0 N–H and O–H groups in total. The van der Waals surface area contributed by atoms with E-state index < -0.39 is 6.61 Å². The summed E-state index contributed by atoms with van der Waals surface area (Å²) in [6.45, 7) is 2.52. The lowest BCUT2D eigenvalue weighted by atomic mass is 9.94. The molecule has 2 aromatic carbocycles. The lowest BCUT2D eigenvalue weighted by Gasteiger charge is -2.13. The van der Waals surface area contributed by atoms with E-state index in [0.29, 0.717) is 17.8 Å². The number of aryl methyl sites for hydroxylation is 1. The number of ether oxygens (including phenoxy) is 2. The molecule has 0 saturated carbocycles. The fraction of sp³-hybridized carbons (Fsp3) is 0.250. The average Bonchev–Trinajstić information content (AvgIpc) is 3.31. The van der Waals surface area contributed by atoms with Crippen LogP contribution in [0, 0.1) is 18.8 Å². The van der Waals surface area contributed by atoms with Crippen LogP contribution in [0.3, 0.4) is 0 Å². The zero-order valence-corrected chi connectivity index (χ0v) is 20.2. The number of benzene rings is 2. The van der Waals surface area contributed by atoms with Gasteiger partial charge in [0, 0.05) is 23.7 Å². The van der Waals surface area contributed by atoms with Crippen LogP contribution in [-0.4, -0.2) is 27.0 Å². The van der Waals surface area contributed by atoms with Crippen LogP contribution < -0.4 is 9.47 Å². The second-order valence-electron chi connectivity index (χ2n) is 8.35. The number of pyridine rings is 1. The van der Waals surface area contributed by atoms with E-state index in [-0.39, 0.29) is 24.1 Å². The van der Waals surface area contributed by atoms with Gasteiger partial charge in [0.05, 0.1) is 5.92 Å². The lowest BCUT2D eigenvalue weighted by molar-refractivity contribution is -0.117. The molecule has 0 fully saturated rings. The lowest BCUT2D eigenvalue weighted by Crippen LogP contribution is -2.04. The van der Waals surface area contributed by atoms with Crippen LogP contribution in [0.2, 0.25) is 0 Å². The SMILES string of the molecule is CC#C[C@@H](CC(C)=O)c1ccc(OCc2cc(-c3ccc(OC(F)F)cc3C)cn3ncnc23)cc1. The molecule has 4 rings (SSSR count). The van der Waals surface area contributed by atoms with E-state index in [1.165, 1.54) is 12.4 Å². The van der Waals surface area contributed by atoms with Crippen molar-refractivity contribution in [1.82, 2.24) is 14.6 Å². The number of ketones is 1. The van der Waals surface area contributed by atoms with E-state index in [1.807, 2.05) is 43.5 Å². The predicted octanol–water partition coefficient (Wildman–Crippen LogP) is 5.97. The smallest absolute Gasteiger partial charge is 0.387 e. The molecule has 0 spiro atoms. The Morgan fingerprint density at radius 2 is 1.86 bits per heavy atom. The molecule has 0 aliphatic carbocycles. The highest BCUT2D eigenvalue weighted by molar-refractivity contribution is 5.77. The number of carbonyl (C=O) groups is 1. The van der Waals surface area contributed by atoms with Crippen molar-refractivity contribution in [2.24, 2.45) is 0 Å². The quantitative estimate of drug-likeness (QED) is 0.271. The molecule has 0 amide bonds. The number of fused-ring (bicyclic) bond motifs is 1. The number of alkyl halides is 2. The summed E-state index contributed by atoms with van der Waals surface area (Å²) in [4.78, 5) is 15.9. The summed E-state index contributed by atoms with van der Waals surface area (Å²) in [5.74, 6) is 6.70. The van der Waals surface area contributed by atoms with Crippen molar-refractivity contribution in [3.63, 3.8) is 0 Å². The van der Waals surface area contributed by atoms with E-state index in [4.69, 9.17) is 4.74 Å². The standard InChI is InChI=1S/C28H25F2N3O3/c1-4-5-21(13-19(3)34)20-6-8-24(9-7-20)35-16-23-14-22(15-33-27(23)31-17-32-33)26-11-10-25(12-18(26)2)36-28(29)30/h6-12,14-15,17,21,28H,13,16H2,1-3H3/t21-/m0/s1. The third-order valence-corrected chi connectivity index (χ3v) is 5.67. The van der Waals surface area contributed by atoms with Gasteiger partial charge in [-0.2, -0.15) is 13.9 Å². The first-order valence-electron chi connectivity index (χ1n) is 11.4. The Morgan fingerprint density at radius 3 is 2.53 bits per heavy atom. The van der Waals surface area contributed by atoms with Crippen LogP contribution >= 0.6 is 0 Å². The van der Waals surface area contributed by atoms with Crippen LogP contribution in [-0.2, 0) is 11.4 Å². The molecule has 0 saturated heterocycles. The molecule has 1 atom stereocenters. The summed E-state index contributed by atoms with van der Waals surface area (Å²) < 4.78 is 37.3. The van der Waals surface area contributed by atoms with Gasteiger partial charge in [0.25, 0.3) is 0 Å². The Morgan fingerprint density at radius 1 is 1.11 bits per heavy atom. The van der Waals surface area contributed by atoms with Gasteiger partial charge in [-0.15, -0.1) is 5.92 Å². The van der Waals surface area contributed by atoms with Gasteiger partial charge in [0.2, 0.25) is 0 Å². The highest BCUT2D eigenvalue weighted by Gasteiger charge is 2.14. The van der Waals surface area contributed by atoms with Crippen LogP contribution in [0.4, 0.5) is 8.78 Å². The predicted molar refractivity (Wildman–Crippen MR) is 132 cm³/mol. The molecule has 0 aliphatic rings. The Balaban J connectivity index is 1.56. The van der Waals surface area contributed by atoms with Crippen LogP contribution in [0.1, 0.15) is 42.9 Å². The largest absolute Gasteiger partial charge is 0.489 e. The molecular weight excluding hydrogens is 464 g/mol. The summed E-state index contributed by atoms with van der Waals surface area (Å²) in [6.07, 6.45) is 3.67. The minimum Gasteiger partial charge on any atom is -0.489 e. The fourth-order valence-corrected chi connectivity index (χ4v) is 4.06. The topological polar surface area (TPSA) is 65.7 Å². The number of hydrogen-bond donors (Lipinski definition) is 0. The summed E-state index contributed by atoms with van der Waals surface area (Å²) in [5, 5.41) is 4.26. The zero-order chi connectivity index (χ0) is 25.7. The molecule has 184 valence electrons. The van der Waals surface area contributed by atoms with Crippen molar-refractivity contribution >= 4 is 11.4 Å². The van der Waals surface area contributed by atoms with Gasteiger partial charge in [0.1, 0.15) is 30.2 Å². The highest BCUT2D eigenvalue weighted by Crippen LogP contribution is 2.30. The molecule has 0 unspecified atom stereocenters. The fourth-order valence-electron chi connectivity index (χ4n) is 4.06. The normalized spacial score (nSPS) is 11.7. The molecule has 2 heterocycles. The van der Waals surface area contributed by atoms with Crippen molar-refractivity contribution in [1.29, 1.82) is 0 Å². The third-order valence-electron chi connectivity index (χ3n) is 5.67. The van der Waals surface area contributed by atoms with Crippen molar-refractivity contribution in [2.45, 2.75) is 46.3 Å². The molecule has 2 aromatic heterocycles. The third kappa shape index (κ3) is 5.87. The van der Waals surface area contributed by atoms with E-state index in [0.717, 1.165) is 27.8 Å². The molecule has 0 aliphatic heterocycles. The van der Waals surface area contributed by atoms with Crippen molar-refractivity contribution in [2.75, 3.05) is 0 Å². The first-order chi connectivity index (χ1) is 17.3. The first-order valence-corrected chi connectivity index (χ1v) is 11.4. The number of aromatic nitrogens is 3. The molecule has 36 heavy (non-hydrogen) atoms. The summed E-state index contributed by atoms with van der Waals surface area (Å²) in [7, 11) is 0. The van der Waals surface area contributed by atoms with Gasteiger partial charge in [-0.3, -0.25) is 4.79 Å². The molecular formula is C28H25F2N3O3. The van der Waals surface area contributed by atoms with Crippen molar-refractivity contribution in [3.05, 3.63) is 77.7 Å². The highest BCUT2D eigenvalue weighted by atomic mass is 19.3. The Bertz CT molecular complexity index is 1440. The Hall–Kier alpha value is -4.25. The Labute approximate surface area is 207 Å². The van der Waals surface area contributed by atoms with E-state index in [2.05, 4.69) is 26.7 Å². The number of carbonyl (C=O) groups excluding carboxylic acids is 1. The number of nitrogens with zero attached hydrogens (tertiary/aromatic N) is 3. The summed E-state index contributed by atoms with van der Waals surface area (Å²) in [6, 6.07) is 14.3. The molecule has 4 aromatic rings. The summed E-state index contributed by atoms with van der Waals surface area (Å²) >= 11 is 0. The minimum atomic E-state index is -2.88. The van der Waals surface area contributed by atoms with Gasteiger partial charge in [-0.1, -0.05) is 24.1 Å². The number of Topliss-reactive ketones (excluding diaryl/α,β-unsaturated/α-hetero) is 1. The van der Waals surface area contributed by atoms with Gasteiger partial charge in [-0.25, -0.2) is 9.50 Å². The van der Waals surface area contributed by atoms with Crippen molar-refractivity contribution < 1.29 is 23.0 Å². The second-order valence-corrected chi connectivity index (χ2v) is 8.35. The number of halogens is 2. The van der Waals surface area contributed by atoms with Gasteiger partial charge in [-0.05, 0) is 67.8 Å². The molecule has 8 heteroatoms. The van der Waals surface area contributed by atoms with E-state index in [1.54, 1.807) is 30.5 Å². The molecule has 0 radical (unpaired) electrons. The zero-order valence-electron chi connectivity index (χ0n) is 20.2. The van der Waals surface area contributed by atoms with E-state index >= 15 is 0 Å². The maximum atomic E-state index is 12.6. The number of rotatable bonds is 9. The Kier molecular flexibility index (Phi) is 7.59. The van der Waals surface area contributed by atoms with Crippen LogP contribution in [0.5, 0.6) is 11.5 Å². The molecule has 0 bridgehead atoms. The first kappa shape index (κ1) is 24.9. The minimum absolute atomic E-state index is 0.0895. The monoisotopic (exact) mass is 489 g/mol. The summed E-state index contributed by atoms with van der Waals surface area (Å²) in [5.41, 5.74) is 4.91. The van der Waals surface area contributed by atoms with Gasteiger partial charge < -0.3 is 9.47 Å². The maximum Gasteiger partial charge on any atom is 0.387 e. The number of hydrogen-bond acceptors (Lipinski definition) is 5. The van der Waals surface area contributed by atoms with Gasteiger partial charge in [0.15, 0.2) is 5.65 Å². The maximum absolute atomic E-state index is 12.6. The average molecular weight is 490 g/mol. The van der Waals surface area contributed by atoms with Gasteiger partial charge >= 0.3 is 6.61 Å². The molecule has 6 nitrogen and oxygen atoms in total. The van der Waals surface area contributed by atoms with E-state index in [9.17, 15) is 13.6 Å².